The quantitative estimate of drug-likeness (QED) is 0.692. The van der Waals surface area contributed by atoms with E-state index in [9.17, 15) is 14.4 Å². The first-order valence-electron chi connectivity index (χ1n) is 4.37. The Hall–Kier alpha value is -1.59. The van der Waals surface area contributed by atoms with Gasteiger partial charge in [0.15, 0.2) is 0 Å². The van der Waals surface area contributed by atoms with Crippen LogP contribution in [0, 0.1) is 5.41 Å². The van der Waals surface area contributed by atoms with Crippen LogP contribution in [-0.4, -0.2) is 46.0 Å². The molecule has 0 saturated heterocycles. The van der Waals surface area contributed by atoms with Crippen molar-refractivity contribution in [2.24, 2.45) is 5.41 Å². The molecule has 86 valence electrons. The van der Waals surface area contributed by atoms with Crippen LogP contribution in [0.3, 0.4) is 0 Å². The maximum atomic E-state index is 11.6. The van der Waals surface area contributed by atoms with E-state index in [1.165, 1.54) is 0 Å². The highest BCUT2D eigenvalue weighted by atomic mass is 16.4. The summed E-state index contributed by atoms with van der Waals surface area (Å²) < 4.78 is 0. The molecule has 0 radical (unpaired) electrons. The summed E-state index contributed by atoms with van der Waals surface area (Å²) in [7, 11) is 0. The van der Waals surface area contributed by atoms with Gasteiger partial charge in [0.05, 0.1) is 0 Å². The maximum Gasteiger partial charge on any atom is 0.323 e. The Kier molecular flexibility index (Phi) is 4.26. The van der Waals surface area contributed by atoms with E-state index in [1.54, 1.807) is 20.8 Å². The second-order valence-corrected chi connectivity index (χ2v) is 4.20. The monoisotopic (exact) mass is 217 g/mol. The summed E-state index contributed by atoms with van der Waals surface area (Å²) in [4.78, 5) is 33.3. The van der Waals surface area contributed by atoms with Gasteiger partial charge < -0.3 is 15.1 Å². The fraction of sp³-hybridized carbons (Fsp3) is 0.667. The number of carboxylic acid groups (broad SMARTS) is 2. The summed E-state index contributed by atoms with van der Waals surface area (Å²) in [6.07, 6.45) is 0. The van der Waals surface area contributed by atoms with E-state index in [1.807, 2.05) is 0 Å². The molecule has 15 heavy (non-hydrogen) atoms. The third-order valence-corrected chi connectivity index (χ3v) is 1.58. The van der Waals surface area contributed by atoms with Gasteiger partial charge in [-0.15, -0.1) is 0 Å². The smallest absolute Gasteiger partial charge is 0.323 e. The van der Waals surface area contributed by atoms with Crippen LogP contribution >= 0.6 is 0 Å². The van der Waals surface area contributed by atoms with E-state index >= 15 is 0 Å². The molecule has 0 spiro atoms. The number of carbonyl (C=O) groups is 3. The first-order valence-corrected chi connectivity index (χ1v) is 4.37. The molecule has 1 amide bonds. The molecule has 0 rings (SSSR count). The van der Waals surface area contributed by atoms with Gasteiger partial charge in [0.25, 0.3) is 0 Å². The van der Waals surface area contributed by atoms with Gasteiger partial charge >= 0.3 is 11.9 Å². The molecule has 0 atom stereocenters. The minimum Gasteiger partial charge on any atom is -0.480 e. The molecule has 0 fully saturated rings. The van der Waals surface area contributed by atoms with E-state index < -0.39 is 36.4 Å². The van der Waals surface area contributed by atoms with Crippen molar-refractivity contribution in [1.29, 1.82) is 0 Å². The zero-order chi connectivity index (χ0) is 12.2. The van der Waals surface area contributed by atoms with Crippen LogP contribution in [0.25, 0.3) is 0 Å². The van der Waals surface area contributed by atoms with Crippen molar-refractivity contribution in [1.82, 2.24) is 4.90 Å². The largest absolute Gasteiger partial charge is 0.480 e. The lowest BCUT2D eigenvalue weighted by Crippen LogP contribution is -2.44. The molecule has 0 bridgehead atoms. The highest BCUT2D eigenvalue weighted by Crippen LogP contribution is 2.16. The molecule has 0 aliphatic rings. The van der Waals surface area contributed by atoms with Gasteiger partial charge in [0.1, 0.15) is 13.1 Å². The Morgan fingerprint density at radius 2 is 1.33 bits per heavy atom. The van der Waals surface area contributed by atoms with Gasteiger partial charge in [-0.25, -0.2) is 0 Å². The molecule has 6 heteroatoms. The minimum absolute atomic E-state index is 0.493. The first-order chi connectivity index (χ1) is 6.64. The first kappa shape index (κ1) is 13.4. The number of hydrogen-bond acceptors (Lipinski definition) is 3. The van der Waals surface area contributed by atoms with Crippen molar-refractivity contribution in [2.45, 2.75) is 20.8 Å². The van der Waals surface area contributed by atoms with Crippen molar-refractivity contribution < 1.29 is 24.6 Å². The summed E-state index contributed by atoms with van der Waals surface area (Å²) in [6, 6.07) is 0. The lowest BCUT2D eigenvalue weighted by atomic mass is 9.94. The zero-order valence-electron chi connectivity index (χ0n) is 8.98. The van der Waals surface area contributed by atoms with Crippen molar-refractivity contribution in [3.63, 3.8) is 0 Å². The molecule has 0 aliphatic heterocycles. The second-order valence-electron chi connectivity index (χ2n) is 4.20. The Balaban J connectivity index is 4.70. The topological polar surface area (TPSA) is 94.9 Å². The predicted molar refractivity (Wildman–Crippen MR) is 51.3 cm³/mol. The molecule has 0 unspecified atom stereocenters. The number of carboxylic acids is 2. The van der Waals surface area contributed by atoms with Crippen LogP contribution in [0.1, 0.15) is 20.8 Å². The van der Waals surface area contributed by atoms with Crippen LogP contribution in [-0.2, 0) is 14.4 Å². The van der Waals surface area contributed by atoms with E-state index in [0.717, 1.165) is 4.90 Å². The van der Waals surface area contributed by atoms with E-state index in [4.69, 9.17) is 10.2 Å². The third-order valence-electron chi connectivity index (χ3n) is 1.58. The summed E-state index contributed by atoms with van der Waals surface area (Å²) in [5.41, 5.74) is -0.787. The molecule has 6 nitrogen and oxygen atoms in total. The lowest BCUT2D eigenvalue weighted by molar-refractivity contribution is -0.153. The molecule has 0 aromatic heterocycles. The number of hydrogen-bond donors (Lipinski definition) is 2. The van der Waals surface area contributed by atoms with E-state index in [0.29, 0.717) is 0 Å². The van der Waals surface area contributed by atoms with Gasteiger partial charge in [-0.3, -0.25) is 14.4 Å². The number of carbonyl (C=O) groups excluding carboxylic acids is 1. The fourth-order valence-electron chi connectivity index (χ4n) is 1.00. The number of rotatable bonds is 4. The molecular weight excluding hydrogens is 202 g/mol. The van der Waals surface area contributed by atoms with E-state index in [2.05, 4.69) is 0 Å². The number of amides is 1. The van der Waals surface area contributed by atoms with Crippen LogP contribution in [0.15, 0.2) is 0 Å². The standard InChI is InChI=1S/C9H15NO5/c1-9(2,3)8(15)10(4-6(11)12)5-7(13)14/h4-5H2,1-3H3,(H,11,12)(H,13,14). The molecular formula is C9H15NO5. The van der Waals surface area contributed by atoms with Crippen molar-refractivity contribution in [3.05, 3.63) is 0 Å². The highest BCUT2D eigenvalue weighted by Gasteiger charge is 2.29. The van der Waals surface area contributed by atoms with Crippen molar-refractivity contribution >= 4 is 17.8 Å². The summed E-state index contributed by atoms with van der Waals surface area (Å²) in [5, 5.41) is 17.0. The van der Waals surface area contributed by atoms with Crippen LogP contribution in [0.2, 0.25) is 0 Å². The van der Waals surface area contributed by atoms with Gasteiger partial charge in [-0.1, -0.05) is 20.8 Å². The average molecular weight is 217 g/mol. The van der Waals surface area contributed by atoms with Crippen LogP contribution in [0.5, 0.6) is 0 Å². The van der Waals surface area contributed by atoms with Crippen LogP contribution in [0.4, 0.5) is 0 Å². The lowest BCUT2D eigenvalue weighted by Gasteiger charge is -2.26. The van der Waals surface area contributed by atoms with E-state index in [-0.39, 0.29) is 0 Å². The molecule has 0 aromatic rings. The Bertz CT molecular complexity index is 263. The number of nitrogens with zero attached hydrogens (tertiary/aromatic N) is 1. The molecule has 0 saturated carbocycles. The van der Waals surface area contributed by atoms with Crippen LogP contribution < -0.4 is 0 Å². The van der Waals surface area contributed by atoms with Gasteiger partial charge in [-0.2, -0.15) is 0 Å². The molecule has 0 aromatic carbocycles. The van der Waals surface area contributed by atoms with Gasteiger partial charge in [0.2, 0.25) is 5.91 Å². The fourth-order valence-corrected chi connectivity index (χ4v) is 1.00. The minimum atomic E-state index is -1.23. The molecule has 0 heterocycles. The Labute approximate surface area is 87.5 Å². The normalized spacial score (nSPS) is 10.9. The predicted octanol–water partition coefficient (Wildman–Crippen LogP) is 0.0303. The molecule has 2 N–H and O–H groups in total. The Morgan fingerprint density at radius 3 is 1.53 bits per heavy atom. The van der Waals surface area contributed by atoms with Crippen molar-refractivity contribution in [2.75, 3.05) is 13.1 Å². The Morgan fingerprint density at radius 1 is 1.00 bits per heavy atom. The third kappa shape index (κ3) is 4.99. The van der Waals surface area contributed by atoms with Gasteiger partial charge in [-0.05, 0) is 0 Å². The average Bonchev–Trinajstić information content (AvgIpc) is 1.98. The van der Waals surface area contributed by atoms with Gasteiger partial charge in [0, 0.05) is 5.41 Å². The van der Waals surface area contributed by atoms with Crippen molar-refractivity contribution in [3.8, 4) is 0 Å². The second kappa shape index (κ2) is 4.77. The molecule has 0 aliphatic carbocycles. The number of aliphatic carboxylic acids is 2. The zero-order valence-corrected chi connectivity index (χ0v) is 8.98. The SMILES string of the molecule is CC(C)(C)C(=O)N(CC(=O)O)CC(=O)O. The summed E-state index contributed by atoms with van der Waals surface area (Å²) in [6.45, 7) is 3.62. The summed E-state index contributed by atoms with van der Waals surface area (Å²) >= 11 is 0. The maximum absolute atomic E-state index is 11.6. The summed E-state index contributed by atoms with van der Waals surface area (Å²) in [5.74, 6) is -2.95. The highest BCUT2D eigenvalue weighted by molar-refractivity contribution is 5.88.